The van der Waals surface area contributed by atoms with Crippen molar-refractivity contribution >= 4 is 34.4 Å². The number of rotatable bonds is 6. The van der Waals surface area contributed by atoms with E-state index in [9.17, 15) is 0 Å². The molecule has 1 rings (SSSR count). The van der Waals surface area contributed by atoms with Gasteiger partial charge in [0.05, 0.1) is 11.4 Å². The first kappa shape index (κ1) is 21.0. The third kappa shape index (κ3) is 4.96. The molecule has 0 amide bonds. The third-order valence-electron chi connectivity index (χ3n) is 3.88. The van der Waals surface area contributed by atoms with E-state index in [1.165, 1.54) is 0 Å². The molecule has 24 heavy (non-hydrogen) atoms. The predicted octanol–water partition coefficient (Wildman–Crippen LogP) is 4.67. The average Bonchev–Trinajstić information content (AvgIpc) is 2.45. The van der Waals surface area contributed by atoms with Gasteiger partial charge in [-0.15, -0.1) is 0 Å². The van der Waals surface area contributed by atoms with E-state index in [-0.39, 0.29) is 0 Å². The Kier molecular flexibility index (Phi) is 7.74. The number of hydrogen-bond acceptors (Lipinski definition) is 3. The van der Waals surface area contributed by atoms with Crippen molar-refractivity contribution in [1.82, 2.24) is 14.8 Å². The molecule has 0 spiro atoms. The summed E-state index contributed by atoms with van der Waals surface area (Å²) in [6.07, 6.45) is 0. The topological polar surface area (TPSA) is 19.4 Å². The maximum Gasteiger partial charge on any atom is 0.128 e. The number of nitrogens with zero attached hydrogens (tertiary/aromatic N) is 3. The van der Waals surface area contributed by atoms with Crippen molar-refractivity contribution in [2.24, 2.45) is 0 Å². The Morgan fingerprint density at radius 1 is 0.708 bits per heavy atom. The second-order valence-electron chi connectivity index (χ2n) is 7.21. The van der Waals surface area contributed by atoms with Crippen LogP contribution in [0.15, 0.2) is 18.2 Å². The molecule has 1 aromatic rings. The lowest BCUT2D eigenvalue weighted by Crippen LogP contribution is -2.43. The van der Waals surface area contributed by atoms with Crippen LogP contribution in [-0.4, -0.2) is 48.9 Å². The molecular formula is C19H31N3S2. The first-order valence-electron chi connectivity index (χ1n) is 8.70. The van der Waals surface area contributed by atoms with Crippen LogP contribution in [0.3, 0.4) is 0 Å². The summed E-state index contributed by atoms with van der Waals surface area (Å²) < 4.78 is 0. The third-order valence-corrected chi connectivity index (χ3v) is 4.72. The van der Waals surface area contributed by atoms with Crippen LogP contribution >= 0.6 is 24.4 Å². The van der Waals surface area contributed by atoms with Crippen LogP contribution in [0.4, 0.5) is 0 Å². The number of aromatic nitrogens is 1. The van der Waals surface area contributed by atoms with E-state index in [1.807, 2.05) is 18.2 Å². The first-order chi connectivity index (χ1) is 11.1. The van der Waals surface area contributed by atoms with Crippen molar-refractivity contribution in [2.45, 2.75) is 79.6 Å². The summed E-state index contributed by atoms with van der Waals surface area (Å²) in [6, 6.07) is 7.27. The van der Waals surface area contributed by atoms with Crippen LogP contribution < -0.4 is 0 Å². The SMILES string of the molecule is CC(C)N(C(=S)c1cccc(C(=S)N(C(C)C)C(C)C)n1)C(C)C. The molecule has 0 bridgehead atoms. The zero-order chi connectivity index (χ0) is 18.6. The van der Waals surface area contributed by atoms with Crippen molar-refractivity contribution in [1.29, 1.82) is 0 Å². The molecule has 0 aliphatic rings. The van der Waals surface area contributed by atoms with Gasteiger partial charge in [0.25, 0.3) is 0 Å². The largest absolute Gasteiger partial charge is 0.356 e. The molecule has 0 aliphatic heterocycles. The molecule has 0 N–H and O–H groups in total. The zero-order valence-electron chi connectivity index (χ0n) is 16.2. The molecule has 1 aromatic heterocycles. The highest BCUT2D eigenvalue weighted by Crippen LogP contribution is 2.16. The van der Waals surface area contributed by atoms with E-state index in [1.54, 1.807) is 0 Å². The van der Waals surface area contributed by atoms with Crippen molar-refractivity contribution in [2.75, 3.05) is 0 Å². The number of pyridine rings is 1. The van der Waals surface area contributed by atoms with E-state index >= 15 is 0 Å². The summed E-state index contributed by atoms with van der Waals surface area (Å²) in [5, 5.41) is 0. The number of thiocarbonyl (C=S) groups is 2. The summed E-state index contributed by atoms with van der Waals surface area (Å²) in [5.74, 6) is 0. The molecule has 0 saturated heterocycles. The van der Waals surface area contributed by atoms with E-state index in [2.05, 4.69) is 65.2 Å². The van der Waals surface area contributed by atoms with Gasteiger partial charge < -0.3 is 9.80 Å². The van der Waals surface area contributed by atoms with Gasteiger partial charge in [-0.2, -0.15) is 0 Å². The lowest BCUT2D eigenvalue weighted by Gasteiger charge is -2.34. The normalized spacial score (nSPS) is 11.5. The zero-order valence-corrected chi connectivity index (χ0v) is 17.8. The Balaban J connectivity index is 3.18. The predicted molar refractivity (Wildman–Crippen MR) is 112 cm³/mol. The van der Waals surface area contributed by atoms with E-state index in [0.717, 1.165) is 21.4 Å². The van der Waals surface area contributed by atoms with Crippen LogP contribution in [0, 0.1) is 0 Å². The Morgan fingerprint density at radius 3 is 1.25 bits per heavy atom. The van der Waals surface area contributed by atoms with Gasteiger partial charge in [0, 0.05) is 24.2 Å². The minimum Gasteiger partial charge on any atom is -0.356 e. The minimum absolute atomic E-state index is 0.331. The summed E-state index contributed by atoms with van der Waals surface area (Å²) in [4.78, 5) is 10.8. The van der Waals surface area contributed by atoms with Crippen LogP contribution in [0.25, 0.3) is 0 Å². The maximum atomic E-state index is 5.72. The van der Waals surface area contributed by atoms with Gasteiger partial charge in [-0.1, -0.05) is 30.5 Å². The standard InChI is InChI=1S/C19H31N3S2/c1-12(2)21(13(3)4)18(23)16-10-9-11-17(20-16)19(24)22(14(5)6)15(7)8/h9-15H,1-8H3. The molecule has 0 atom stereocenters. The maximum absolute atomic E-state index is 5.72. The Morgan fingerprint density at radius 2 is 1.00 bits per heavy atom. The smallest absolute Gasteiger partial charge is 0.128 e. The molecule has 0 aromatic carbocycles. The Bertz CT molecular complexity index is 516. The van der Waals surface area contributed by atoms with E-state index in [0.29, 0.717) is 24.2 Å². The summed E-state index contributed by atoms with van der Waals surface area (Å²) >= 11 is 11.4. The quantitative estimate of drug-likeness (QED) is 0.680. The highest BCUT2D eigenvalue weighted by atomic mass is 32.1. The fourth-order valence-corrected chi connectivity index (χ4v) is 4.14. The van der Waals surface area contributed by atoms with Gasteiger partial charge in [-0.05, 0) is 67.5 Å². The molecule has 0 saturated carbocycles. The minimum atomic E-state index is 0.331. The van der Waals surface area contributed by atoms with Crippen molar-refractivity contribution < 1.29 is 0 Å². The van der Waals surface area contributed by atoms with Gasteiger partial charge >= 0.3 is 0 Å². The fraction of sp³-hybridized carbons (Fsp3) is 0.632. The average molecular weight is 366 g/mol. The van der Waals surface area contributed by atoms with Gasteiger partial charge in [0.2, 0.25) is 0 Å². The van der Waals surface area contributed by atoms with Crippen LogP contribution in [0.5, 0.6) is 0 Å². The lowest BCUT2D eigenvalue weighted by atomic mass is 10.2. The van der Waals surface area contributed by atoms with Crippen LogP contribution in [-0.2, 0) is 0 Å². The molecular weight excluding hydrogens is 334 g/mol. The Labute approximate surface area is 158 Å². The van der Waals surface area contributed by atoms with Gasteiger partial charge in [-0.25, -0.2) is 4.98 Å². The van der Waals surface area contributed by atoms with Crippen molar-refractivity contribution in [3.05, 3.63) is 29.6 Å². The molecule has 3 nitrogen and oxygen atoms in total. The van der Waals surface area contributed by atoms with Gasteiger partial charge in [0.15, 0.2) is 0 Å². The van der Waals surface area contributed by atoms with Crippen molar-refractivity contribution in [3.63, 3.8) is 0 Å². The molecule has 0 unspecified atom stereocenters. The van der Waals surface area contributed by atoms with E-state index < -0.39 is 0 Å². The first-order valence-corrected chi connectivity index (χ1v) is 9.51. The van der Waals surface area contributed by atoms with Crippen LogP contribution in [0.2, 0.25) is 0 Å². The van der Waals surface area contributed by atoms with Crippen molar-refractivity contribution in [3.8, 4) is 0 Å². The van der Waals surface area contributed by atoms with Crippen LogP contribution in [0.1, 0.15) is 66.8 Å². The Hall–Kier alpha value is -1.07. The summed E-state index contributed by atoms with van der Waals surface area (Å²) in [7, 11) is 0. The van der Waals surface area contributed by atoms with E-state index in [4.69, 9.17) is 29.4 Å². The molecule has 0 radical (unpaired) electrons. The molecule has 0 aliphatic carbocycles. The molecule has 1 heterocycles. The second kappa shape index (κ2) is 8.86. The van der Waals surface area contributed by atoms with Gasteiger partial charge in [0.1, 0.15) is 9.98 Å². The number of hydrogen-bond donors (Lipinski definition) is 0. The highest BCUT2D eigenvalue weighted by Gasteiger charge is 2.22. The van der Waals surface area contributed by atoms with Gasteiger partial charge in [-0.3, -0.25) is 0 Å². The highest BCUT2D eigenvalue weighted by molar-refractivity contribution is 7.81. The lowest BCUT2D eigenvalue weighted by molar-refractivity contribution is 0.296. The molecule has 0 fully saturated rings. The second-order valence-corrected chi connectivity index (χ2v) is 7.98. The summed E-state index contributed by atoms with van der Waals surface area (Å²) in [5.41, 5.74) is 1.64. The molecule has 134 valence electrons. The fourth-order valence-electron chi connectivity index (χ4n) is 3.07. The monoisotopic (exact) mass is 365 g/mol. The molecule has 5 heteroatoms. The summed E-state index contributed by atoms with van der Waals surface area (Å²) in [6.45, 7) is 17.2.